The van der Waals surface area contributed by atoms with Crippen molar-refractivity contribution < 1.29 is 9.59 Å². The molecule has 0 atom stereocenters. The van der Waals surface area contributed by atoms with Gasteiger partial charge in [-0.1, -0.05) is 29.8 Å². The minimum Gasteiger partial charge on any atom is -0.351 e. The third-order valence-electron chi connectivity index (χ3n) is 6.40. The van der Waals surface area contributed by atoms with Crippen molar-refractivity contribution in [3.05, 3.63) is 35.4 Å². The van der Waals surface area contributed by atoms with Gasteiger partial charge in [0.25, 0.3) is 0 Å². The summed E-state index contributed by atoms with van der Waals surface area (Å²) in [4.78, 5) is 24.7. The summed E-state index contributed by atoms with van der Waals surface area (Å²) < 4.78 is 0. The van der Waals surface area contributed by atoms with E-state index in [1.165, 1.54) is 19.3 Å². The minimum atomic E-state index is 0.0543. The highest BCUT2D eigenvalue weighted by Gasteiger charge is 2.51. The molecule has 3 nitrogen and oxygen atoms in total. The van der Waals surface area contributed by atoms with Gasteiger partial charge in [-0.15, -0.1) is 0 Å². The molecule has 4 bridgehead atoms. The molecule has 4 saturated carbocycles. The second kappa shape index (κ2) is 6.02. The Kier molecular flexibility index (Phi) is 3.98. The number of carbonyl (C=O) groups is 2. The van der Waals surface area contributed by atoms with Crippen LogP contribution in [-0.2, 0) is 4.79 Å². The first-order chi connectivity index (χ1) is 11.5. The topological polar surface area (TPSA) is 46.2 Å². The Morgan fingerprint density at radius 3 is 2.04 bits per heavy atom. The number of hydrogen-bond donors (Lipinski definition) is 1. The number of amides is 1. The Balaban J connectivity index is 1.32. The molecule has 1 amide bonds. The van der Waals surface area contributed by atoms with Crippen molar-refractivity contribution in [2.24, 2.45) is 17.8 Å². The summed E-state index contributed by atoms with van der Waals surface area (Å²) in [5.41, 5.74) is 1.91. The van der Waals surface area contributed by atoms with Crippen LogP contribution in [0.4, 0.5) is 0 Å². The fourth-order valence-electron chi connectivity index (χ4n) is 5.73. The summed E-state index contributed by atoms with van der Waals surface area (Å²) in [7, 11) is 0. The predicted molar refractivity (Wildman–Crippen MR) is 93.8 cm³/mol. The normalized spacial score (nSPS) is 33.5. The van der Waals surface area contributed by atoms with E-state index in [0.29, 0.717) is 18.4 Å². The van der Waals surface area contributed by atoms with Gasteiger partial charge in [-0.3, -0.25) is 9.59 Å². The van der Waals surface area contributed by atoms with E-state index in [1.54, 1.807) is 0 Å². The fraction of sp³-hybridized carbons (Fsp3) is 0.619. The van der Waals surface area contributed by atoms with Gasteiger partial charge in [0.05, 0.1) is 0 Å². The second-order valence-electron chi connectivity index (χ2n) is 8.54. The SMILES string of the molecule is Cc1ccc(C(=O)CCC(=O)NC23CC4CC(CC(C4)C2)C3)cc1. The molecule has 0 spiro atoms. The molecule has 1 aromatic carbocycles. The van der Waals surface area contributed by atoms with Gasteiger partial charge in [0.15, 0.2) is 5.78 Å². The molecule has 0 unspecified atom stereocenters. The van der Waals surface area contributed by atoms with Crippen LogP contribution in [0.15, 0.2) is 24.3 Å². The number of aryl methyl sites for hydroxylation is 1. The van der Waals surface area contributed by atoms with E-state index in [-0.39, 0.29) is 17.2 Å². The maximum atomic E-state index is 12.5. The Labute approximate surface area is 144 Å². The van der Waals surface area contributed by atoms with Gasteiger partial charge in [-0.05, 0) is 63.2 Å². The average molecular weight is 325 g/mol. The van der Waals surface area contributed by atoms with Crippen molar-refractivity contribution >= 4 is 11.7 Å². The van der Waals surface area contributed by atoms with E-state index in [2.05, 4.69) is 5.32 Å². The number of nitrogens with one attached hydrogen (secondary N) is 1. The summed E-state index contributed by atoms with van der Waals surface area (Å²) >= 11 is 0. The quantitative estimate of drug-likeness (QED) is 0.830. The summed E-state index contributed by atoms with van der Waals surface area (Å²) in [6.45, 7) is 2.01. The van der Waals surface area contributed by atoms with Crippen LogP contribution in [0, 0.1) is 24.7 Å². The number of Topliss-reactive ketones (excluding diaryl/α,β-unsaturated/α-hetero) is 1. The van der Waals surface area contributed by atoms with Crippen molar-refractivity contribution in [1.82, 2.24) is 5.32 Å². The lowest BCUT2D eigenvalue weighted by Crippen LogP contribution is -2.59. The molecule has 5 rings (SSSR count). The van der Waals surface area contributed by atoms with Gasteiger partial charge in [0.2, 0.25) is 5.91 Å². The molecule has 0 saturated heterocycles. The third-order valence-corrected chi connectivity index (χ3v) is 6.40. The van der Waals surface area contributed by atoms with Gasteiger partial charge in [0, 0.05) is 23.9 Å². The molecule has 1 N–H and O–H groups in total. The number of rotatable bonds is 5. The maximum absolute atomic E-state index is 12.5. The molecule has 0 aliphatic heterocycles. The lowest BCUT2D eigenvalue weighted by molar-refractivity contribution is -0.126. The predicted octanol–water partition coefficient (Wildman–Crippen LogP) is 4.04. The summed E-state index contributed by atoms with van der Waals surface area (Å²) in [6.07, 6.45) is 8.24. The molecule has 4 aliphatic rings. The van der Waals surface area contributed by atoms with Crippen molar-refractivity contribution in [3.63, 3.8) is 0 Å². The Morgan fingerprint density at radius 1 is 0.958 bits per heavy atom. The van der Waals surface area contributed by atoms with Crippen molar-refractivity contribution in [3.8, 4) is 0 Å². The van der Waals surface area contributed by atoms with E-state index in [0.717, 1.165) is 42.6 Å². The number of benzene rings is 1. The van der Waals surface area contributed by atoms with Crippen LogP contribution >= 0.6 is 0 Å². The summed E-state index contributed by atoms with van der Waals surface area (Å²) in [5.74, 6) is 2.61. The van der Waals surface area contributed by atoms with Crippen molar-refractivity contribution in [1.29, 1.82) is 0 Å². The third kappa shape index (κ3) is 3.13. The molecule has 1 aromatic rings. The van der Waals surface area contributed by atoms with Crippen LogP contribution in [0.3, 0.4) is 0 Å². The first kappa shape index (κ1) is 15.9. The van der Waals surface area contributed by atoms with E-state index in [1.807, 2.05) is 31.2 Å². The summed E-state index contributed by atoms with van der Waals surface area (Å²) in [5, 5.41) is 3.35. The standard InChI is InChI=1S/C21H27NO2/c1-14-2-4-18(5-3-14)19(23)6-7-20(24)22-21-11-15-8-16(12-21)10-17(9-15)13-21/h2-5,15-17H,6-13H2,1H3,(H,22,24). The molecule has 0 heterocycles. The highest BCUT2D eigenvalue weighted by atomic mass is 16.2. The van der Waals surface area contributed by atoms with E-state index >= 15 is 0 Å². The van der Waals surface area contributed by atoms with Crippen molar-refractivity contribution in [2.75, 3.05) is 0 Å². The van der Waals surface area contributed by atoms with Crippen LogP contribution in [0.2, 0.25) is 0 Å². The van der Waals surface area contributed by atoms with E-state index in [9.17, 15) is 9.59 Å². The molecule has 4 fully saturated rings. The van der Waals surface area contributed by atoms with Gasteiger partial charge in [-0.2, -0.15) is 0 Å². The molecule has 24 heavy (non-hydrogen) atoms. The highest BCUT2D eigenvalue weighted by Crippen LogP contribution is 2.55. The lowest BCUT2D eigenvalue weighted by atomic mass is 9.53. The van der Waals surface area contributed by atoms with Crippen LogP contribution in [0.5, 0.6) is 0 Å². The fourth-order valence-corrected chi connectivity index (χ4v) is 5.73. The van der Waals surface area contributed by atoms with Gasteiger partial charge >= 0.3 is 0 Å². The molecular formula is C21H27NO2. The zero-order chi connectivity index (χ0) is 16.7. The van der Waals surface area contributed by atoms with E-state index < -0.39 is 0 Å². The number of ketones is 1. The minimum absolute atomic E-state index is 0.0543. The van der Waals surface area contributed by atoms with Gasteiger partial charge in [-0.25, -0.2) is 0 Å². The molecule has 0 radical (unpaired) electrons. The first-order valence-corrected chi connectivity index (χ1v) is 9.42. The molecule has 128 valence electrons. The van der Waals surface area contributed by atoms with Crippen LogP contribution in [0.25, 0.3) is 0 Å². The Bertz CT molecular complexity index is 611. The maximum Gasteiger partial charge on any atom is 0.220 e. The molecule has 4 aliphatic carbocycles. The highest BCUT2D eigenvalue weighted by molar-refractivity contribution is 5.98. The molecule has 0 aromatic heterocycles. The van der Waals surface area contributed by atoms with Crippen LogP contribution < -0.4 is 5.32 Å². The smallest absolute Gasteiger partial charge is 0.220 e. The molecular weight excluding hydrogens is 298 g/mol. The first-order valence-electron chi connectivity index (χ1n) is 9.42. The van der Waals surface area contributed by atoms with Crippen molar-refractivity contribution in [2.45, 2.75) is 63.8 Å². The molecule has 3 heteroatoms. The second-order valence-corrected chi connectivity index (χ2v) is 8.54. The average Bonchev–Trinajstić information content (AvgIpc) is 2.51. The monoisotopic (exact) mass is 325 g/mol. The lowest BCUT2D eigenvalue weighted by Gasteiger charge is -2.56. The zero-order valence-corrected chi connectivity index (χ0v) is 14.5. The number of carbonyl (C=O) groups excluding carboxylic acids is 2. The Hall–Kier alpha value is -1.64. The Morgan fingerprint density at radius 2 is 1.50 bits per heavy atom. The summed E-state index contributed by atoms with van der Waals surface area (Å²) in [6, 6.07) is 7.61. The zero-order valence-electron chi connectivity index (χ0n) is 14.5. The largest absolute Gasteiger partial charge is 0.351 e. The van der Waals surface area contributed by atoms with Crippen LogP contribution in [-0.4, -0.2) is 17.2 Å². The van der Waals surface area contributed by atoms with E-state index in [4.69, 9.17) is 0 Å². The number of hydrogen-bond acceptors (Lipinski definition) is 2. The van der Waals surface area contributed by atoms with Crippen LogP contribution in [0.1, 0.15) is 67.3 Å². The van der Waals surface area contributed by atoms with Gasteiger partial charge < -0.3 is 5.32 Å². The van der Waals surface area contributed by atoms with Gasteiger partial charge in [0.1, 0.15) is 0 Å².